The van der Waals surface area contributed by atoms with Crippen LogP contribution < -0.4 is 20.1 Å². The van der Waals surface area contributed by atoms with Crippen molar-refractivity contribution in [2.75, 3.05) is 11.9 Å². The van der Waals surface area contributed by atoms with Crippen molar-refractivity contribution in [3.05, 3.63) is 35.8 Å². The zero-order valence-electron chi connectivity index (χ0n) is 19.6. The molecule has 0 radical (unpaired) electrons. The number of fused-ring (bicyclic) bond motifs is 1. The topological polar surface area (TPSA) is 130 Å². The summed E-state index contributed by atoms with van der Waals surface area (Å²) in [4.78, 5) is 41.7. The Balaban J connectivity index is 1.78. The number of anilines is 1. The summed E-state index contributed by atoms with van der Waals surface area (Å²) in [5.41, 5.74) is -0.627. The SMILES string of the molecule is C[C@@H]([C@@H](CC1COc2ccccc2O1)C(=O)N[C@H](C(=O)Nc1nccs1)C(C)(C)C)N(O)C=O. The third kappa shape index (κ3) is 6.23. The average Bonchev–Trinajstić information content (AvgIpc) is 3.31. The number of nitrogens with zero attached hydrogens (tertiary/aromatic N) is 2. The van der Waals surface area contributed by atoms with Gasteiger partial charge in [-0.1, -0.05) is 32.9 Å². The Morgan fingerprint density at radius 1 is 1.29 bits per heavy atom. The average molecular weight is 491 g/mol. The number of benzene rings is 1. The minimum atomic E-state index is -0.897. The molecule has 1 aromatic heterocycles. The number of ether oxygens (including phenoxy) is 2. The molecule has 4 atom stereocenters. The molecule has 2 heterocycles. The summed E-state index contributed by atoms with van der Waals surface area (Å²) >= 11 is 1.27. The number of aromatic nitrogens is 1. The zero-order valence-corrected chi connectivity index (χ0v) is 20.4. The van der Waals surface area contributed by atoms with E-state index in [9.17, 15) is 19.6 Å². The molecule has 1 aromatic carbocycles. The second kappa shape index (κ2) is 10.8. The van der Waals surface area contributed by atoms with Gasteiger partial charge in [0.25, 0.3) is 0 Å². The van der Waals surface area contributed by atoms with Crippen molar-refractivity contribution in [1.82, 2.24) is 15.4 Å². The van der Waals surface area contributed by atoms with E-state index in [0.29, 0.717) is 21.7 Å². The fraction of sp³-hybridized carbons (Fsp3) is 0.478. The number of rotatable bonds is 9. The molecule has 11 heteroatoms. The van der Waals surface area contributed by atoms with Crippen LogP contribution in [0.15, 0.2) is 35.8 Å². The lowest BCUT2D eigenvalue weighted by Gasteiger charge is -2.35. The van der Waals surface area contributed by atoms with Gasteiger partial charge in [-0.15, -0.1) is 11.3 Å². The number of hydroxylamine groups is 2. The Bertz CT molecular complexity index is 994. The summed E-state index contributed by atoms with van der Waals surface area (Å²) in [6.07, 6.45) is 1.47. The van der Waals surface area contributed by atoms with Gasteiger partial charge in [0.2, 0.25) is 18.2 Å². The highest BCUT2D eigenvalue weighted by molar-refractivity contribution is 7.13. The van der Waals surface area contributed by atoms with Gasteiger partial charge < -0.3 is 20.1 Å². The Hall–Kier alpha value is -3.18. The largest absolute Gasteiger partial charge is 0.486 e. The lowest BCUT2D eigenvalue weighted by atomic mass is 9.84. The minimum absolute atomic E-state index is 0.150. The molecule has 3 amide bonds. The van der Waals surface area contributed by atoms with Crippen molar-refractivity contribution in [3.63, 3.8) is 0 Å². The molecule has 3 rings (SSSR count). The van der Waals surface area contributed by atoms with Gasteiger partial charge in [0, 0.05) is 18.0 Å². The second-order valence-electron chi connectivity index (χ2n) is 9.20. The predicted octanol–water partition coefficient (Wildman–Crippen LogP) is 2.69. The molecular weight excluding hydrogens is 460 g/mol. The van der Waals surface area contributed by atoms with E-state index < -0.39 is 41.3 Å². The normalized spacial score (nSPS) is 17.7. The molecular formula is C23H30N4O6S. The molecule has 1 aliphatic heterocycles. The Morgan fingerprint density at radius 3 is 2.62 bits per heavy atom. The van der Waals surface area contributed by atoms with Gasteiger partial charge in [-0.25, -0.2) is 10.0 Å². The third-order valence-electron chi connectivity index (χ3n) is 5.61. The number of carbonyl (C=O) groups is 3. The summed E-state index contributed by atoms with van der Waals surface area (Å²) in [6, 6.07) is 5.43. The maximum Gasteiger partial charge on any atom is 0.249 e. The summed E-state index contributed by atoms with van der Waals surface area (Å²) < 4.78 is 11.7. The number of hydrogen-bond acceptors (Lipinski definition) is 8. The first-order valence-electron chi connectivity index (χ1n) is 10.9. The van der Waals surface area contributed by atoms with E-state index in [-0.39, 0.29) is 19.4 Å². The smallest absolute Gasteiger partial charge is 0.249 e. The first kappa shape index (κ1) is 25.4. The molecule has 0 aliphatic carbocycles. The molecule has 0 saturated heterocycles. The first-order valence-corrected chi connectivity index (χ1v) is 11.8. The highest BCUT2D eigenvalue weighted by Gasteiger charge is 2.39. The minimum Gasteiger partial charge on any atom is -0.486 e. The molecule has 34 heavy (non-hydrogen) atoms. The fourth-order valence-corrected chi connectivity index (χ4v) is 4.19. The lowest BCUT2D eigenvalue weighted by molar-refractivity contribution is -0.167. The van der Waals surface area contributed by atoms with Gasteiger partial charge in [-0.2, -0.15) is 0 Å². The molecule has 0 bridgehead atoms. The van der Waals surface area contributed by atoms with Crippen LogP contribution in [0, 0.1) is 11.3 Å². The summed E-state index contributed by atoms with van der Waals surface area (Å²) in [5, 5.41) is 18.2. The first-order chi connectivity index (χ1) is 16.1. The van der Waals surface area contributed by atoms with E-state index in [4.69, 9.17) is 9.47 Å². The van der Waals surface area contributed by atoms with Crippen molar-refractivity contribution < 1.29 is 29.1 Å². The highest BCUT2D eigenvalue weighted by atomic mass is 32.1. The van der Waals surface area contributed by atoms with Crippen molar-refractivity contribution in [2.45, 2.75) is 52.3 Å². The van der Waals surface area contributed by atoms with Crippen LogP contribution in [0.5, 0.6) is 11.5 Å². The maximum absolute atomic E-state index is 13.4. The predicted molar refractivity (Wildman–Crippen MR) is 126 cm³/mol. The van der Waals surface area contributed by atoms with Crippen LogP contribution >= 0.6 is 11.3 Å². The van der Waals surface area contributed by atoms with Crippen molar-refractivity contribution >= 4 is 34.7 Å². The van der Waals surface area contributed by atoms with Gasteiger partial charge in [0.05, 0.1) is 12.0 Å². The van der Waals surface area contributed by atoms with Crippen LogP contribution in [0.3, 0.4) is 0 Å². The third-order valence-corrected chi connectivity index (χ3v) is 6.29. The zero-order chi connectivity index (χ0) is 24.9. The fourth-order valence-electron chi connectivity index (χ4n) is 3.65. The van der Waals surface area contributed by atoms with E-state index in [1.165, 1.54) is 11.3 Å². The van der Waals surface area contributed by atoms with E-state index in [2.05, 4.69) is 15.6 Å². The van der Waals surface area contributed by atoms with E-state index in [0.717, 1.165) is 0 Å². The molecule has 0 fully saturated rings. The van der Waals surface area contributed by atoms with Crippen LogP contribution in [-0.4, -0.2) is 58.3 Å². The number of amides is 3. The van der Waals surface area contributed by atoms with Gasteiger partial charge in [-0.05, 0) is 24.5 Å². The van der Waals surface area contributed by atoms with Crippen LogP contribution in [0.1, 0.15) is 34.1 Å². The molecule has 184 valence electrons. The van der Waals surface area contributed by atoms with Crippen molar-refractivity contribution in [2.24, 2.45) is 11.3 Å². The summed E-state index contributed by atoms with van der Waals surface area (Å²) in [6.45, 7) is 7.25. The van der Waals surface area contributed by atoms with Crippen LogP contribution in [0.2, 0.25) is 0 Å². The number of nitrogens with one attached hydrogen (secondary N) is 2. The van der Waals surface area contributed by atoms with Gasteiger partial charge in [-0.3, -0.25) is 19.6 Å². The standard InChI is InChI=1S/C23H30N4O6S/c1-14(27(31)13-28)16(11-15-12-32-17-7-5-6-8-18(17)33-15)20(29)25-19(23(2,3)4)21(30)26-22-24-9-10-34-22/h5-10,13-16,19,31H,11-12H2,1-4H3,(H,25,29)(H,24,26,30)/t14-,15?,16+,19+/m0/s1. The van der Waals surface area contributed by atoms with Crippen molar-refractivity contribution in [3.8, 4) is 11.5 Å². The molecule has 3 N–H and O–H groups in total. The molecule has 0 saturated carbocycles. The summed E-state index contributed by atoms with van der Waals surface area (Å²) in [5.74, 6) is -0.630. The van der Waals surface area contributed by atoms with Crippen LogP contribution in [0.25, 0.3) is 0 Å². The Kier molecular flexibility index (Phi) is 8.11. The monoisotopic (exact) mass is 490 g/mol. The van der Waals surface area contributed by atoms with E-state index in [1.807, 2.05) is 32.9 Å². The molecule has 1 unspecified atom stereocenters. The van der Waals surface area contributed by atoms with Crippen LogP contribution in [0.4, 0.5) is 5.13 Å². The molecule has 2 aromatic rings. The Morgan fingerprint density at radius 2 is 2.00 bits per heavy atom. The molecule has 1 aliphatic rings. The van der Waals surface area contributed by atoms with E-state index >= 15 is 0 Å². The number of carbonyl (C=O) groups excluding carboxylic acids is 3. The highest BCUT2D eigenvalue weighted by Crippen LogP contribution is 2.33. The maximum atomic E-state index is 13.4. The van der Waals surface area contributed by atoms with Gasteiger partial charge >= 0.3 is 0 Å². The number of hydrogen-bond donors (Lipinski definition) is 3. The summed E-state index contributed by atoms with van der Waals surface area (Å²) in [7, 11) is 0. The second-order valence-corrected chi connectivity index (χ2v) is 10.1. The van der Waals surface area contributed by atoms with Gasteiger partial charge in [0.1, 0.15) is 18.8 Å². The molecule has 0 spiro atoms. The van der Waals surface area contributed by atoms with Gasteiger partial charge in [0.15, 0.2) is 16.6 Å². The van der Waals surface area contributed by atoms with Crippen LogP contribution in [-0.2, 0) is 14.4 Å². The Labute approximate surface area is 202 Å². The quantitative estimate of drug-likeness (QED) is 0.280. The van der Waals surface area contributed by atoms with E-state index in [1.54, 1.807) is 30.6 Å². The number of thiazole rings is 1. The molecule has 10 nitrogen and oxygen atoms in total. The number of para-hydroxylation sites is 2. The van der Waals surface area contributed by atoms with Crippen molar-refractivity contribution in [1.29, 1.82) is 0 Å². The lowest BCUT2D eigenvalue weighted by Crippen LogP contribution is -2.55.